The van der Waals surface area contributed by atoms with Gasteiger partial charge in [0.1, 0.15) is 0 Å². The number of hydrogen-bond donors (Lipinski definition) is 1. The average Bonchev–Trinajstić information content (AvgIpc) is 3.16. The van der Waals surface area contributed by atoms with Crippen molar-refractivity contribution in [1.82, 2.24) is 9.78 Å². The molecule has 0 atom stereocenters. The van der Waals surface area contributed by atoms with Crippen LogP contribution in [-0.4, -0.2) is 21.3 Å². The Morgan fingerprint density at radius 2 is 2.05 bits per heavy atom. The van der Waals surface area contributed by atoms with Crippen LogP contribution in [0.2, 0.25) is 0 Å². The van der Waals surface area contributed by atoms with Crippen molar-refractivity contribution in [3.63, 3.8) is 0 Å². The molecule has 0 spiro atoms. The molecule has 0 unspecified atom stereocenters. The van der Waals surface area contributed by atoms with Gasteiger partial charge in [-0.3, -0.25) is 4.68 Å². The lowest BCUT2D eigenvalue weighted by Gasteiger charge is -2.18. The van der Waals surface area contributed by atoms with Crippen molar-refractivity contribution in [3.8, 4) is 0 Å². The van der Waals surface area contributed by atoms with E-state index in [4.69, 9.17) is 0 Å². The molecule has 1 N–H and O–H groups in total. The highest BCUT2D eigenvalue weighted by Gasteiger charge is 2.18. The van der Waals surface area contributed by atoms with Crippen molar-refractivity contribution in [2.45, 2.75) is 37.4 Å². The quantitative estimate of drug-likeness (QED) is 0.876. The number of nitrogens with zero attached hydrogens (tertiary/aromatic N) is 2. The van der Waals surface area contributed by atoms with Gasteiger partial charge in [0.2, 0.25) is 0 Å². The normalized spacial score (nSPS) is 16.1. The zero-order valence-corrected chi connectivity index (χ0v) is 15.0. The Kier molecular flexibility index (Phi) is 4.73. The molecule has 0 radical (unpaired) electrons. The zero-order chi connectivity index (χ0) is 15.6. The van der Waals surface area contributed by atoms with Gasteiger partial charge >= 0.3 is 0 Å². The Bertz CT molecular complexity index is 625. The first-order valence-corrected chi connectivity index (χ1v) is 9.73. The molecule has 2 aromatic rings. The van der Waals surface area contributed by atoms with Crippen LogP contribution in [0.1, 0.15) is 36.5 Å². The largest absolute Gasteiger partial charge is 0.381 e. The van der Waals surface area contributed by atoms with Crippen molar-refractivity contribution < 1.29 is 0 Å². The van der Waals surface area contributed by atoms with E-state index in [-0.39, 0.29) is 5.54 Å². The summed E-state index contributed by atoms with van der Waals surface area (Å²) in [5.41, 5.74) is 3.86. The highest BCUT2D eigenvalue weighted by Crippen LogP contribution is 2.45. The van der Waals surface area contributed by atoms with Gasteiger partial charge in [-0.1, -0.05) is 12.1 Å². The van der Waals surface area contributed by atoms with Crippen molar-refractivity contribution in [3.05, 3.63) is 47.8 Å². The minimum absolute atomic E-state index is 0.0368. The molecule has 1 aromatic heterocycles. The summed E-state index contributed by atoms with van der Waals surface area (Å²) in [6, 6.07) is 8.81. The second-order valence-corrected chi connectivity index (χ2v) is 9.24. The van der Waals surface area contributed by atoms with Gasteiger partial charge in [-0.25, -0.2) is 0 Å². The standard InChI is InChI=1S/C17H23N3S2/c1-17(2,3)20-12-13(11-19-20)10-18-15-6-4-5-14(9-15)16-21-7-8-22-16/h4-6,9,11-12,16,18H,7-8,10H2,1-3H3. The Morgan fingerprint density at radius 3 is 2.73 bits per heavy atom. The van der Waals surface area contributed by atoms with Crippen LogP contribution in [0, 0.1) is 0 Å². The van der Waals surface area contributed by atoms with E-state index in [1.54, 1.807) is 0 Å². The Balaban J connectivity index is 1.64. The molecule has 0 saturated carbocycles. The van der Waals surface area contributed by atoms with Gasteiger partial charge in [-0.05, 0) is 38.5 Å². The fourth-order valence-electron chi connectivity index (χ4n) is 2.37. The minimum Gasteiger partial charge on any atom is -0.381 e. The molecule has 118 valence electrons. The van der Waals surface area contributed by atoms with E-state index in [2.05, 4.69) is 61.6 Å². The maximum atomic E-state index is 4.45. The van der Waals surface area contributed by atoms with Crippen LogP contribution in [0.3, 0.4) is 0 Å². The fraction of sp³-hybridized carbons (Fsp3) is 0.471. The summed E-state index contributed by atoms with van der Waals surface area (Å²) in [5.74, 6) is 2.53. The summed E-state index contributed by atoms with van der Waals surface area (Å²) < 4.78 is 2.62. The molecular formula is C17H23N3S2. The van der Waals surface area contributed by atoms with E-state index in [0.29, 0.717) is 4.58 Å². The summed E-state index contributed by atoms with van der Waals surface area (Å²) >= 11 is 4.09. The van der Waals surface area contributed by atoms with Crippen LogP contribution in [0.15, 0.2) is 36.7 Å². The molecule has 1 aliphatic rings. The van der Waals surface area contributed by atoms with Gasteiger partial charge in [0, 0.05) is 35.5 Å². The van der Waals surface area contributed by atoms with Crippen LogP contribution >= 0.6 is 23.5 Å². The number of thioether (sulfide) groups is 2. The molecule has 0 bridgehead atoms. The monoisotopic (exact) mass is 333 g/mol. The third kappa shape index (κ3) is 3.82. The highest BCUT2D eigenvalue weighted by atomic mass is 32.2. The predicted molar refractivity (Wildman–Crippen MR) is 98.6 cm³/mol. The van der Waals surface area contributed by atoms with Gasteiger partial charge in [0.25, 0.3) is 0 Å². The first-order chi connectivity index (χ1) is 10.5. The van der Waals surface area contributed by atoms with Crippen molar-refractivity contribution in [1.29, 1.82) is 0 Å². The number of hydrogen-bond acceptors (Lipinski definition) is 4. The second-order valence-electron chi connectivity index (χ2n) is 6.52. The molecule has 3 nitrogen and oxygen atoms in total. The fourth-order valence-corrected chi connectivity index (χ4v) is 5.21. The van der Waals surface area contributed by atoms with Gasteiger partial charge < -0.3 is 5.32 Å². The van der Waals surface area contributed by atoms with E-state index in [1.807, 2.05) is 34.4 Å². The summed E-state index contributed by atoms with van der Waals surface area (Å²) in [5, 5.41) is 7.97. The molecule has 3 rings (SSSR count). The van der Waals surface area contributed by atoms with E-state index >= 15 is 0 Å². The first-order valence-electron chi connectivity index (χ1n) is 7.63. The first kappa shape index (κ1) is 15.8. The molecule has 1 aliphatic heterocycles. The Hall–Kier alpha value is -1.07. The number of anilines is 1. The Morgan fingerprint density at radius 1 is 1.27 bits per heavy atom. The van der Waals surface area contributed by atoms with E-state index in [1.165, 1.54) is 28.3 Å². The van der Waals surface area contributed by atoms with Gasteiger partial charge in [-0.2, -0.15) is 5.10 Å². The Labute approximate surface area is 141 Å². The topological polar surface area (TPSA) is 29.9 Å². The summed E-state index contributed by atoms with van der Waals surface area (Å²) in [7, 11) is 0. The lowest BCUT2D eigenvalue weighted by Crippen LogP contribution is -2.21. The third-order valence-corrected chi connectivity index (χ3v) is 6.70. The molecule has 0 aliphatic carbocycles. The van der Waals surface area contributed by atoms with Gasteiger partial charge in [0.05, 0.1) is 16.3 Å². The maximum absolute atomic E-state index is 4.45. The number of aromatic nitrogens is 2. The van der Waals surface area contributed by atoms with Crippen molar-refractivity contribution >= 4 is 29.2 Å². The average molecular weight is 334 g/mol. The molecule has 22 heavy (non-hydrogen) atoms. The van der Waals surface area contributed by atoms with Crippen LogP contribution in [0.4, 0.5) is 5.69 Å². The summed E-state index contributed by atoms with van der Waals surface area (Å²) in [6.45, 7) is 7.30. The summed E-state index contributed by atoms with van der Waals surface area (Å²) in [6.07, 6.45) is 4.07. The number of nitrogens with one attached hydrogen (secondary N) is 1. The molecule has 1 saturated heterocycles. The lowest BCUT2D eigenvalue weighted by atomic mass is 10.1. The van der Waals surface area contributed by atoms with Gasteiger partial charge in [0.15, 0.2) is 0 Å². The van der Waals surface area contributed by atoms with E-state index < -0.39 is 0 Å². The highest BCUT2D eigenvalue weighted by molar-refractivity contribution is 8.19. The van der Waals surface area contributed by atoms with Crippen LogP contribution in [0.5, 0.6) is 0 Å². The van der Waals surface area contributed by atoms with E-state index in [0.717, 1.165) is 6.54 Å². The summed E-state index contributed by atoms with van der Waals surface area (Å²) in [4.78, 5) is 0. The molecule has 1 fully saturated rings. The zero-order valence-electron chi connectivity index (χ0n) is 13.4. The lowest BCUT2D eigenvalue weighted by molar-refractivity contribution is 0.355. The molecule has 2 heterocycles. The van der Waals surface area contributed by atoms with Crippen LogP contribution in [-0.2, 0) is 12.1 Å². The predicted octanol–water partition coefficient (Wildman–Crippen LogP) is 4.73. The number of benzene rings is 1. The minimum atomic E-state index is 0.0368. The second kappa shape index (κ2) is 6.59. The maximum Gasteiger partial charge on any atom is 0.0752 e. The molecule has 5 heteroatoms. The van der Waals surface area contributed by atoms with Crippen molar-refractivity contribution in [2.75, 3.05) is 16.8 Å². The molecule has 0 amide bonds. The van der Waals surface area contributed by atoms with E-state index in [9.17, 15) is 0 Å². The smallest absolute Gasteiger partial charge is 0.0752 e. The molecular weight excluding hydrogens is 310 g/mol. The van der Waals surface area contributed by atoms with Crippen LogP contribution in [0.25, 0.3) is 0 Å². The van der Waals surface area contributed by atoms with Crippen LogP contribution < -0.4 is 5.32 Å². The number of rotatable bonds is 4. The SMILES string of the molecule is CC(C)(C)n1cc(CNc2cccc(C3SCCS3)c2)cn1. The molecule has 1 aromatic carbocycles. The van der Waals surface area contributed by atoms with Gasteiger partial charge in [-0.15, -0.1) is 23.5 Å². The van der Waals surface area contributed by atoms with Crippen molar-refractivity contribution in [2.24, 2.45) is 0 Å². The third-order valence-electron chi connectivity index (χ3n) is 3.60.